The molecular weight excluding hydrogens is 380 g/mol. The van der Waals surface area contributed by atoms with Crippen molar-refractivity contribution in [1.29, 1.82) is 0 Å². The van der Waals surface area contributed by atoms with E-state index in [4.69, 9.17) is 4.74 Å². The fourth-order valence-corrected chi connectivity index (χ4v) is 5.46. The lowest BCUT2D eigenvalue weighted by atomic mass is 9.95. The zero-order chi connectivity index (χ0) is 19.4. The first-order valence-electron chi connectivity index (χ1n) is 9.25. The molecule has 2 aliphatic rings. The summed E-state index contributed by atoms with van der Waals surface area (Å²) in [6.45, 7) is 1.64. The number of fused-ring (bicyclic) bond motifs is 5. The van der Waals surface area contributed by atoms with Crippen LogP contribution in [0.15, 0.2) is 42.5 Å². The number of thiophene rings is 1. The second-order valence-electron chi connectivity index (χ2n) is 7.24. The molecule has 1 saturated heterocycles. The normalized spacial score (nSPS) is 20.5. The van der Waals surface area contributed by atoms with Crippen molar-refractivity contribution >= 4 is 16.3 Å². The molecule has 1 fully saturated rings. The van der Waals surface area contributed by atoms with Gasteiger partial charge in [-0.05, 0) is 35.2 Å². The fourth-order valence-electron chi connectivity index (χ4n) is 4.22. The standard InChI is InChI=1S/C22H19F2NO2S/c1-27-12-8-9-25(11-12)18-10-16-19-15(6-7-17(23)20(19)24)21(26)13-4-2-3-5-14(13)22(16)28-18/h2-7,10,12,21,26H,8-9,11H2,1H3/t12?,21-/m1/s1. The Morgan fingerprint density at radius 3 is 2.71 bits per heavy atom. The first-order valence-corrected chi connectivity index (χ1v) is 10.1. The van der Waals surface area contributed by atoms with E-state index in [2.05, 4.69) is 4.90 Å². The van der Waals surface area contributed by atoms with E-state index in [1.165, 1.54) is 6.07 Å². The van der Waals surface area contributed by atoms with Crippen LogP contribution in [0.3, 0.4) is 0 Å². The molecule has 0 spiro atoms. The van der Waals surface area contributed by atoms with E-state index >= 15 is 0 Å². The van der Waals surface area contributed by atoms with Crippen LogP contribution >= 0.6 is 11.3 Å². The maximum atomic E-state index is 14.9. The Morgan fingerprint density at radius 2 is 1.93 bits per heavy atom. The molecule has 6 heteroatoms. The molecule has 1 unspecified atom stereocenters. The van der Waals surface area contributed by atoms with Gasteiger partial charge in [0.05, 0.1) is 11.1 Å². The quantitative estimate of drug-likeness (QED) is 0.660. The number of methoxy groups -OCH3 is 1. The van der Waals surface area contributed by atoms with Crippen LogP contribution in [0.5, 0.6) is 0 Å². The number of halogens is 2. The summed E-state index contributed by atoms with van der Waals surface area (Å²) in [6, 6.07) is 12.0. The van der Waals surface area contributed by atoms with Crippen molar-refractivity contribution in [3.63, 3.8) is 0 Å². The third-order valence-corrected chi connectivity index (χ3v) is 6.93. The van der Waals surface area contributed by atoms with Gasteiger partial charge in [0.1, 0.15) is 6.10 Å². The SMILES string of the molecule is COC1CCN(c2cc3c(s2)-c2ccccc2[C@@H](O)c2ccc(F)c(F)c2-3)C1. The van der Waals surface area contributed by atoms with Crippen LogP contribution in [0.4, 0.5) is 13.8 Å². The molecule has 1 N–H and O–H groups in total. The lowest BCUT2D eigenvalue weighted by Crippen LogP contribution is -2.21. The van der Waals surface area contributed by atoms with Crippen LogP contribution in [-0.2, 0) is 4.74 Å². The Morgan fingerprint density at radius 1 is 1.11 bits per heavy atom. The van der Waals surface area contributed by atoms with Gasteiger partial charge in [0.15, 0.2) is 11.6 Å². The van der Waals surface area contributed by atoms with E-state index in [-0.39, 0.29) is 11.7 Å². The molecule has 2 aromatic carbocycles. The fraction of sp³-hybridized carbons (Fsp3) is 0.273. The Balaban J connectivity index is 1.75. The molecule has 0 bridgehead atoms. The van der Waals surface area contributed by atoms with E-state index in [1.807, 2.05) is 30.3 Å². The zero-order valence-corrected chi connectivity index (χ0v) is 16.1. The molecule has 0 saturated carbocycles. The van der Waals surface area contributed by atoms with E-state index in [9.17, 15) is 13.9 Å². The third-order valence-electron chi connectivity index (χ3n) is 5.70. The number of nitrogens with zero attached hydrogens (tertiary/aromatic N) is 1. The van der Waals surface area contributed by atoms with Crippen LogP contribution in [0.2, 0.25) is 0 Å². The summed E-state index contributed by atoms with van der Waals surface area (Å²) in [5.41, 5.74) is 2.75. The van der Waals surface area contributed by atoms with Crippen molar-refractivity contribution in [1.82, 2.24) is 0 Å². The van der Waals surface area contributed by atoms with Crippen LogP contribution in [0, 0.1) is 11.6 Å². The molecule has 144 valence electrons. The highest BCUT2D eigenvalue weighted by atomic mass is 32.1. The minimum atomic E-state index is -1.01. The number of hydrogen-bond donors (Lipinski definition) is 1. The van der Waals surface area contributed by atoms with Crippen molar-refractivity contribution in [3.05, 3.63) is 65.2 Å². The second-order valence-corrected chi connectivity index (χ2v) is 8.27. The molecule has 28 heavy (non-hydrogen) atoms. The Hall–Kier alpha value is -2.28. The van der Waals surface area contributed by atoms with Gasteiger partial charge in [-0.2, -0.15) is 0 Å². The predicted molar refractivity (Wildman–Crippen MR) is 107 cm³/mol. The van der Waals surface area contributed by atoms with E-state index in [0.717, 1.165) is 41.0 Å². The average Bonchev–Trinajstić information content (AvgIpc) is 3.34. The van der Waals surface area contributed by atoms with E-state index in [0.29, 0.717) is 16.7 Å². The van der Waals surface area contributed by atoms with Crippen LogP contribution < -0.4 is 4.90 Å². The molecule has 3 nitrogen and oxygen atoms in total. The van der Waals surface area contributed by atoms with Crippen molar-refractivity contribution in [3.8, 4) is 21.6 Å². The van der Waals surface area contributed by atoms with Gasteiger partial charge >= 0.3 is 0 Å². The number of aliphatic hydroxyl groups is 1. The van der Waals surface area contributed by atoms with Crippen molar-refractivity contribution in [2.45, 2.75) is 18.6 Å². The molecule has 1 aliphatic carbocycles. The molecule has 5 rings (SSSR count). The summed E-state index contributed by atoms with van der Waals surface area (Å²) >= 11 is 1.55. The van der Waals surface area contributed by atoms with Crippen molar-refractivity contribution < 1.29 is 18.6 Å². The van der Waals surface area contributed by atoms with Gasteiger partial charge in [-0.15, -0.1) is 11.3 Å². The summed E-state index contributed by atoms with van der Waals surface area (Å²) in [5.74, 6) is -1.82. The lowest BCUT2D eigenvalue weighted by Gasteiger charge is -2.17. The average molecular weight is 399 g/mol. The Kier molecular flexibility index (Phi) is 4.23. The molecule has 1 aromatic heterocycles. The van der Waals surface area contributed by atoms with Gasteiger partial charge in [-0.3, -0.25) is 0 Å². The van der Waals surface area contributed by atoms with Gasteiger partial charge in [0.25, 0.3) is 0 Å². The summed E-state index contributed by atoms with van der Waals surface area (Å²) in [5, 5.41) is 11.9. The number of anilines is 1. The Labute approximate surface area is 165 Å². The Bertz CT molecular complexity index is 1060. The number of ether oxygens (including phenoxy) is 1. The molecule has 2 heterocycles. The van der Waals surface area contributed by atoms with E-state index in [1.54, 1.807) is 18.4 Å². The number of benzene rings is 2. The van der Waals surface area contributed by atoms with Crippen LogP contribution in [-0.4, -0.2) is 31.4 Å². The van der Waals surface area contributed by atoms with Crippen LogP contribution in [0.1, 0.15) is 23.7 Å². The largest absolute Gasteiger partial charge is 0.384 e. The molecular formula is C22H19F2NO2S. The summed E-state index contributed by atoms with van der Waals surface area (Å²) < 4.78 is 34.5. The van der Waals surface area contributed by atoms with Gasteiger partial charge in [0.2, 0.25) is 0 Å². The predicted octanol–water partition coefficient (Wildman–Crippen LogP) is 4.98. The lowest BCUT2D eigenvalue weighted by molar-refractivity contribution is 0.121. The first-order chi connectivity index (χ1) is 13.6. The molecule has 0 amide bonds. The zero-order valence-electron chi connectivity index (χ0n) is 15.3. The minimum Gasteiger partial charge on any atom is -0.384 e. The third kappa shape index (κ3) is 2.59. The summed E-state index contributed by atoms with van der Waals surface area (Å²) in [7, 11) is 1.71. The smallest absolute Gasteiger partial charge is 0.167 e. The number of rotatable bonds is 2. The van der Waals surface area contributed by atoms with Gasteiger partial charge in [-0.25, -0.2) is 8.78 Å². The monoisotopic (exact) mass is 399 g/mol. The summed E-state index contributed by atoms with van der Waals surface area (Å²) in [6.07, 6.45) is 0.111. The highest BCUT2D eigenvalue weighted by Gasteiger charge is 2.32. The second kappa shape index (κ2) is 6.65. The summed E-state index contributed by atoms with van der Waals surface area (Å²) in [4.78, 5) is 3.08. The molecule has 0 radical (unpaired) electrons. The molecule has 1 aliphatic heterocycles. The maximum absolute atomic E-state index is 14.9. The van der Waals surface area contributed by atoms with Gasteiger partial charge in [0, 0.05) is 36.2 Å². The van der Waals surface area contributed by atoms with Crippen molar-refractivity contribution in [2.75, 3.05) is 25.1 Å². The molecule has 3 aromatic rings. The molecule has 2 atom stereocenters. The minimum absolute atomic E-state index is 0.156. The van der Waals surface area contributed by atoms with E-state index < -0.39 is 17.7 Å². The van der Waals surface area contributed by atoms with Crippen LogP contribution in [0.25, 0.3) is 21.6 Å². The van der Waals surface area contributed by atoms with Crippen molar-refractivity contribution in [2.24, 2.45) is 0 Å². The van der Waals surface area contributed by atoms with Gasteiger partial charge in [-0.1, -0.05) is 30.3 Å². The topological polar surface area (TPSA) is 32.7 Å². The highest BCUT2D eigenvalue weighted by molar-refractivity contribution is 7.20. The number of hydrogen-bond acceptors (Lipinski definition) is 4. The number of aliphatic hydroxyl groups excluding tert-OH is 1. The van der Waals surface area contributed by atoms with Gasteiger partial charge < -0.3 is 14.7 Å². The first kappa shape index (κ1) is 17.8. The highest BCUT2D eigenvalue weighted by Crippen LogP contribution is 2.51. The maximum Gasteiger partial charge on any atom is 0.167 e.